The van der Waals surface area contributed by atoms with Gasteiger partial charge in [-0.1, -0.05) is 13.0 Å². The summed E-state index contributed by atoms with van der Waals surface area (Å²) in [5.74, 6) is 1.03. The number of hydrogen-bond acceptors (Lipinski definition) is 3. The molecule has 2 rings (SSSR count). The van der Waals surface area contributed by atoms with Gasteiger partial charge in [-0.25, -0.2) is 0 Å². The van der Waals surface area contributed by atoms with Gasteiger partial charge in [0.25, 0.3) is 0 Å². The number of nitrogens with zero attached hydrogens (tertiary/aromatic N) is 3. The minimum atomic E-state index is 0. The largest absolute Gasteiger partial charge is 0.357 e. The van der Waals surface area contributed by atoms with E-state index in [1.54, 1.807) is 0 Å². The van der Waals surface area contributed by atoms with Gasteiger partial charge in [-0.3, -0.25) is 9.89 Å². The van der Waals surface area contributed by atoms with E-state index in [-0.39, 0.29) is 24.0 Å². The van der Waals surface area contributed by atoms with Crippen molar-refractivity contribution in [3.63, 3.8) is 0 Å². The van der Waals surface area contributed by atoms with Gasteiger partial charge in [0.2, 0.25) is 0 Å². The highest BCUT2D eigenvalue weighted by molar-refractivity contribution is 14.0. The topological polar surface area (TPSA) is 30.9 Å². The Balaban J connectivity index is 0.00000264. The fourth-order valence-electron chi connectivity index (χ4n) is 2.63. The smallest absolute Gasteiger partial charge is 0.193 e. The highest BCUT2D eigenvalue weighted by Crippen LogP contribution is 2.25. The lowest BCUT2D eigenvalue weighted by molar-refractivity contribution is 0.285. The number of aliphatic imine (C=N–C) groups is 1. The van der Waals surface area contributed by atoms with E-state index >= 15 is 0 Å². The minimum absolute atomic E-state index is 0. The summed E-state index contributed by atoms with van der Waals surface area (Å²) in [6, 6.07) is 5.16. The highest BCUT2D eigenvalue weighted by atomic mass is 127. The van der Waals surface area contributed by atoms with Gasteiger partial charge in [0.15, 0.2) is 5.96 Å². The summed E-state index contributed by atoms with van der Waals surface area (Å²) < 4.78 is 0. The number of rotatable bonds is 9. The molecule has 1 fully saturated rings. The van der Waals surface area contributed by atoms with Crippen molar-refractivity contribution < 1.29 is 0 Å². The molecule has 1 saturated carbocycles. The van der Waals surface area contributed by atoms with E-state index in [9.17, 15) is 0 Å². The molecule has 1 aliphatic rings. The maximum absolute atomic E-state index is 4.80. The normalized spacial score (nSPS) is 14.7. The number of halogens is 1. The van der Waals surface area contributed by atoms with Crippen molar-refractivity contribution >= 4 is 41.3 Å². The van der Waals surface area contributed by atoms with Crippen LogP contribution in [0, 0.1) is 0 Å². The molecular formula is C17H31IN4S. The van der Waals surface area contributed by atoms with Crippen molar-refractivity contribution in [1.29, 1.82) is 0 Å². The van der Waals surface area contributed by atoms with Crippen LogP contribution in [0.1, 0.15) is 31.6 Å². The number of likely N-dealkylation sites (N-methyl/N-ethyl adjacent to an activating group) is 2. The molecule has 23 heavy (non-hydrogen) atoms. The van der Waals surface area contributed by atoms with E-state index in [1.807, 2.05) is 11.3 Å². The van der Waals surface area contributed by atoms with Gasteiger partial charge in [0.05, 0.1) is 6.54 Å². The lowest BCUT2D eigenvalue weighted by Crippen LogP contribution is -2.40. The first-order chi connectivity index (χ1) is 10.7. The van der Waals surface area contributed by atoms with E-state index in [0.29, 0.717) is 0 Å². The number of thiophene rings is 1. The Labute approximate surface area is 162 Å². The van der Waals surface area contributed by atoms with E-state index in [0.717, 1.165) is 51.1 Å². The molecule has 0 bridgehead atoms. The molecule has 6 heteroatoms. The summed E-state index contributed by atoms with van der Waals surface area (Å²) >= 11 is 1.83. The zero-order chi connectivity index (χ0) is 15.8. The Kier molecular flexibility index (Phi) is 10.1. The lowest BCUT2D eigenvalue weighted by Gasteiger charge is -2.23. The zero-order valence-corrected chi connectivity index (χ0v) is 17.8. The fourth-order valence-corrected chi connectivity index (χ4v) is 3.33. The molecule has 1 aromatic rings. The maximum atomic E-state index is 4.80. The quantitative estimate of drug-likeness (QED) is 0.356. The predicted molar refractivity (Wildman–Crippen MR) is 112 cm³/mol. The summed E-state index contributed by atoms with van der Waals surface area (Å²) in [4.78, 5) is 11.0. The van der Waals surface area contributed by atoms with Gasteiger partial charge >= 0.3 is 0 Å². The van der Waals surface area contributed by atoms with Crippen LogP contribution < -0.4 is 5.32 Å². The van der Waals surface area contributed by atoms with Gasteiger partial charge in [0, 0.05) is 37.6 Å². The first-order valence-corrected chi connectivity index (χ1v) is 9.38. The molecule has 0 unspecified atom stereocenters. The molecule has 1 heterocycles. The molecule has 0 aromatic carbocycles. The Morgan fingerprint density at radius 1 is 1.35 bits per heavy atom. The third kappa shape index (κ3) is 7.39. The minimum Gasteiger partial charge on any atom is -0.357 e. The molecule has 1 aromatic heterocycles. The molecule has 0 radical (unpaired) electrons. The number of nitrogens with one attached hydrogen (secondary N) is 1. The molecular weight excluding hydrogens is 419 g/mol. The monoisotopic (exact) mass is 450 g/mol. The summed E-state index contributed by atoms with van der Waals surface area (Å²) in [5, 5.41) is 5.55. The van der Waals surface area contributed by atoms with Crippen LogP contribution in [0.25, 0.3) is 0 Å². The molecule has 0 saturated heterocycles. The Bertz CT molecular complexity index is 445. The van der Waals surface area contributed by atoms with E-state index in [4.69, 9.17) is 4.99 Å². The molecule has 4 nitrogen and oxygen atoms in total. The molecule has 0 spiro atoms. The van der Waals surface area contributed by atoms with Gasteiger partial charge < -0.3 is 10.2 Å². The molecule has 0 amide bonds. The van der Waals surface area contributed by atoms with E-state index < -0.39 is 0 Å². The van der Waals surface area contributed by atoms with Gasteiger partial charge in [-0.05, 0) is 44.2 Å². The maximum Gasteiger partial charge on any atom is 0.193 e. The van der Waals surface area contributed by atoms with Crippen LogP contribution in [-0.4, -0.2) is 61.6 Å². The van der Waals surface area contributed by atoms with Crippen LogP contribution in [-0.2, 0) is 6.42 Å². The van der Waals surface area contributed by atoms with Crippen molar-refractivity contribution in [2.75, 3.05) is 39.8 Å². The molecule has 1 N–H and O–H groups in total. The average molecular weight is 450 g/mol. The second kappa shape index (κ2) is 11.3. The summed E-state index contributed by atoms with van der Waals surface area (Å²) in [6.45, 7) is 9.41. The van der Waals surface area contributed by atoms with Crippen molar-refractivity contribution in [2.24, 2.45) is 4.99 Å². The SMILES string of the molecule is CCNC(=NCCN(CC)C1CC1)N(C)CCc1cccs1.I. The van der Waals surface area contributed by atoms with E-state index in [2.05, 4.69) is 53.5 Å². The van der Waals surface area contributed by atoms with Crippen molar-refractivity contribution in [1.82, 2.24) is 15.1 Å². The van der Waals surface area contributed by atoms with Crippen LogP contribution in [0.5, 0.6) is 0 Å². The van der Waals surface area contributed by atoms with Crippen LogP contribution in [0.3, 0.4) is 0 Å². The average Bonchev–Trinajstić information content (AvgIpc) is 3.23. The van der Waals surface area contributed by atoms with Gasteiger partial charge in [0.1, 0.15) is 0 Å². The van der Waals surface area contributed by atoms with Gasteiger partial charge in [-0.2, -0.15) is 0 Å². The van der Waals surface area contributed by atoms with Crippen molar-refractivity contribution in [3.05, 3.63) is 22.4 Å². The molecule has 132 valence electrons. The summed E-state index contributed by atoms with van der Waals surface area (Å²) in [7, 11) is 2.13. The van der Waals surface area contributed by atoms with Crippen LogP contribution in [0.4, 0.5) is 0 Å². The molecule has 1 aliphatic carbocycles. The molecule has 0 aliphatic heterocycles. The van der Waals surface area contributed by atoms with Gasteiger partial charge in [-0.15, -0.1) is 35.3 Å². The first-order valence-electron chi connectivity index (χ1n) is 8.50. The van der Waals surface area contributed by atoms with Crippen LogP contribution >= 0.6 is 35.3 Å². The third-order valence-electron chi connectivity index (χ3n) is 4.09. The summed E-state index contributed by atoms with van der Waals surface area (Å²) in [6.07, 6.45) is 3.83. The predicted octanol–water partition coefficient (Wildman–Crippen LogP) is 3.29. The Hall–Kier alpha value is -0.340. The van der Waals surface area contributed by atoms with E-state index in [1.165, 1.54) is 17.7 Å². The first kappa shape index (κ1) is 20.7. The highest BCUT2D eigenvalue weighted by Gasteiger charge is 2.27. The van der Waals surface area contributed by atoms with Crippen LogP contribution in [0.15, 0.2) is 22.5 Å². The zero-order valence-electron chi connectivity index (χ0n) is 14.6. The Morgan fingerprint density at radius 3 is 2.70 bits per heavy atom. The Morgan fingerprint density at radius 2 is 2.13 bits per heavy atom. The summed E-state index contributed by atoms with van der Waals surface area (Å²) in [5.41, 5.74) is 0. The molecule has 0 atom stereocenters. The standard InChI is InChI=1S/C17H30N4S.HI/c1-4-18-17(19-11-13-21(5-2)15-8-9-15)20(3)12-10-16-7-6-14-22-16;/h6-7,14-15H,4-5,8-13H2,1-3H3,(H,18,19);1H. The number of guanidine groups is 1. The van der Waals surface area contributed by atoms with Crippen molar-refractivity contribution in [3.8, 4) is 0 Å². The fraction of sp³-hybridized carbons (Fsp3) is 0.706. The number of hydrogen-bond donors (Lipinski definition) is 1. The second-order valence-corrected chi connectivity index (χ2v) is 6.88. The second-order valence-electron chi connectivity index (χ2n) is 5.85. The third-order valence-corrected chi connectivity index (χ3v) is 5.02. The van der Waals surface area contributed by atoms with Crippen LogP contribution in [0.2, 0.25) is 0 Å². The lowest BCUT2D eigenvalue weighted by atomic mass is 10.3. The van der Waals surface area contributed by atoms with Crippen molar-refractivity contribution in [2.45, 2.75) is 39.2 Å².